The minimum absolute atomic E-state index is 0.645. The largest absolute Gasteiger partial charge is 0.444 e. The van der Waals surface area contributed by atoms with E-state index in [0.29, 0.717) is 11.9 Å². The van der Waals surface area contributed by atoms with Crippen molar-refractivity contribution in [3.63, 3.8) is 0 Å². The van der Waals surface area contributed by atoms with Gasteiger partial charge >= 0.3 is 0 Å². The van der Waals surface area contributed by atoms with Crippen LogP contribution in [0.15, 0.2) is 41.0 Å². The van der Waals surface area contributed by atoms with E-state index in [1.807, 2.05) is 30.3 Å². The summed E-state index contributed by atoms with van der Waals surface area (Å²) in [5, 5.41) is 3.33. The molecule has 0 saturated carbocycles. The third-order valence-electron chi connectivity index (χ3n) is 3.72. The van der Waals surface area contributed by atoms with Crippen molar-refractivity contribution in [3.8, 4) is 11.5 Å². The molecule has 1 N–H and O–H groups in total. The molecule has 4 heteroatoms. The first-order valence-electron chi connectivity index (χ1n) is 7.31. The maximum Gasteiger partial charge on any atom is 0.226 e. The standard InChI is InChI=1S/C16H21N3O/c1-2-8-19(15-9-17-10-15)11-14-12-20-16(18-14)13-6-4-3-5-7-13/h3-7,12,15,17H,2,8-11H2,1H3. The van der Waals surface area contributed by atoms with Crippen molar-refractivity contribution >= 4 is 0 Å². The molecule has 4 nitrogen and oxygen atoms in total. The summed E-state index contributed by atoms with van der Waals surface area (Å²) in [5.74, 6) is 0.712. The van der Waals surface area contributed by atoms with E-state index in [4.69, 9.17) is 4.42 Å². The number of nitrogens with zero attached hydrogens (tertiary/aromatic N) is 2. The molecular formula is C16H21N3O. The number of hydrogen-bond donors (Lipinski definition) is 1. The van der Waals surface area contributed by atoms with Gasteiger partial charge in [0.1, 0.15) is 6.26 Å². The SMILES string of the molecule is CCCN(Cc1coc(-c2ccccc2)n1)C1CNC1. The smallest absolute Gasteiger partial charge is 0.226 e. The van der Waals surface area contributed by atoms with Crippen LogP contribution in [-0.2, 0) is 6.54 Å². The number of hydrogen-bond acceptors (Lipinski definition) is 4. The van der Waals surface area contributed by atoms with Gasteiger partial charge in [-0.1, -0.05) is 25.1 Å². The lowest BCUT2D eigenvalue weighted by Gasteiger charge is -2.37. The van der Waals surface area contributed by atoms with Gasteiger partial charge in [0.05, 0.1) is 5.69 Å². The Hall–Kier alpha value is -1.65. The number of oxazole rings is 1. The van der Waals surface area contributed by atoms with Crippen molar-refractivity contribution in [3.05, 3.63) is 42.3 Å². The van der Waals surface area contributed by atoms with Crippen LogP contribution in [0.2, 0.25) is 0 Å². The van der Waals surface area contributed by atoms with Gasteiger partial charge < -0.3 is 9.73 Å². The predicted octanol–water partition coefficient (Wildman–Crippen LogP) is 2.53. The molecule has 0 unspecified atom stereocenters. The molecule has 2 aromatic rings. The molecule has 1 aliphatic rings. The maximum absolute atomic E-state index is 5.61. The molecule has 0 radical (unpaired) electrons. The Labute approximate surface area is 119 Å². The van der Waals surface area contributed by atoms with Crippen molar-refractivity contribution in [2.45, 2.75) is 25.9 Å². The number of benzene rings is 1. The summed E-state index contributed by atoms with van der Waals surface area (Å²) in [7, 11) is 0. The topological polar surface area (TPSA) is 41.3 Å². The first-order valence-corrected chi connectivity index (χ1v) is 7.31. The Morgan fingerprint density at radius 2 is 2.10 bits per heavy atom. The summed E-state index contributed by atoms with van der Waals surface area (Å²) in [6.07, 6.45) is 2.96. The van der Waals surface area contributed by atoms with Gasteiger partial charge in [-0.25, -0.2) is 4.98 Å². The lowest BCUT2D eigenvalue weighted by Crippen LogP contribution is -2.57. The molecule has 0 atom stereocenters. The second-order valence-corrected chi connectivity index (χ2v) is 5.29. The fraction of sp³-hybridized carbons (Fsp3) is 0.438. The number of rotatable bonds is 6. The zero-order valence-corrected chi connectivity index (χ0v) is 11.9. The second kappa shape index (κ2) is 6.20. The van der Waals surface area contributed by atoms with Gasteiger partial charge in [-0.15, -0.1) is 0 Å². The van der Waals surface area contributed by atoms with Crippen molar-refractivity contribution in [2.24, 2.45) is 0 Å². The van der Waals surface area contributed by atoms with E-state index in [1.54, 1.807) is 6.26 Å². The summed E-state index contributed by atoms with van der Waals surface area (Å²) < 4.78 is 5.61. The van der Waals surface area contributed by atoms with E-state index >= 15 is 0 Å². The zero-order valence-electron chi connectivity index (χ0n) is 11.9. The van der Waals surface area contributed by atoms with Crippen LogP contribution in [0.25, 0.3) is 11.5 Å². The van der Waals surface area contributed by atoms with Crippen LogP contribution in [0, 0.1) is 0 Å². The molecule has 1 aliphatic heterocycles. The van der Waals surface area contributed by atoms with E-state index < -0.39 is 0 Å². The van der Waals surface area contributed by atoms with Gasteiger partial charge in [-0.05, 0) is 25.1 Å². The highest BCUT2D eigenvalue weighted by Crippen LogP contribution is 2.19. The monoisotopic (exact) mass is 271 g/mol. The third-order valence-corrected chi connectivity index (χ3v) is 3.72. The van der Waals surface area contributed by atoms with Crippen molar-refractivity contribution in [1.29, 1.82) is 0 Å². The maximum atomic E-state index is 5.61. The highest BCUT2D eigenvalue weighted by Gasteiger charge is 2.24. The minimum Gasteiger partial charge on any atom is -0.444 e. The Morgan fingerprint density at radius 1 is 1.30 bits per heavy atom. The summed E-state index contributed by atoms with van der Waals surface area (Å²) in [6, 6.07) is 10.7. The van der Waals surface area contributed by atoms with Crippen LogP contribution in [0.4, 0.5) is 0 Å². The Kier molecular flexibility index (Phi) is 4.14. The van der Waals surface area contributed by atoms with Crippen LogP contribution in [0.1, 0.15) is 19.0 Å². The summed E-state index contributed by atoms with van der Waals surface area (Å²) in [5.41, 5.74) is 2.05. The van der Waals surface area contributed by atoms with Crippen LogP contribution < -0.4 is 5.32 Å². The third kappa shape index (κ3) is 2.92. The zero-order chi connectivity index (χ0) is 13.8. The highest BCUT2D eigenvalue weighted by molar-refractivity contribution is 5.52. The van der Waals surface area contributed by atoms with Crippen molar-refractivity contribution in [1.82, 2.24) is 15.2 Å². The fourth-order valence-electron chi connectivity index (χ4n) is 2.51. The van der Waals surface area contributed by atoms with Gasteiger partial charge in [-0.2, -0.15) is 0 Å². The average Bonchev–Trinajstić information content (AvgIpc) is 2.87. The number of aromatic nitrogens is 1. The molecule has 1 aromatic carbocycles. The molecule has 3 rings (SSSR count). The molecule has 0 amide bonds. The first kappa shape index (κ1) is 13.3. The van der Waals surface area contributed by atoms with Gasteiger partial charge in [-0.3, -0.25) is 4.90 Å². The lowest BCUT2D eigenvalue weighted by molar-refractivity contribution is 0.136. The molecule has 1 aromatic heterocycles. The Morgan fingerprint density at radius 3 is 2.75 bits per heavy atom. The Bertz CT molecular complexity index is 534. The van der Waals surface area contributed by atoms with Crippen molar-refractivity contribution < 1.29 is 4.42 Å². The predicted molar refractivity (Wildman–Crippen MR) is 79.3 cm³/mol. The molecule has 0 spiro atoms. The number of nitrogens with one attached hydrogen (secondary N) is 1. The Balaban J connectivity index is 1.69. The van der Waals surface area contributed by atoms with Gasteiger partial charge in [0.2, 0.25) is 5.89 Å². The van der Waals surface area contributed by atoms with E-state index in [0.717, 1.165) is 37.4 Å². The summed E-state index contributed by atoms with van der Waals surface area (Å²) >= 11 is 0. The van der Waals surface area contributed by atoms with E-state index in [2.05, 4.69) is 22.1 Å². The first-order chi connectivity index (χ1) is 9.86. The molecular weight excluding hydrogens is 250 g/mol. The van der Waals surface area contributed by atoms with E-state index in [-0.39, 0.29) is 0 Å². The highest BCUT2D eigenvalue weighted by atomic mass is 16.3. The molecule has 20 heavy (non-hydrogen) atoms. The normalized spacial score (nSPS) is 15.5. The fourth-order valence-corrected chi connectivity index (χ4v) is 2.51. The van der Waals surface area contributed by atoms with Gasteiger partial charge in [0.25, 0.3) is 0 Å². The summed E-state index contributed by atoms with van der Waals surface area (Å²) in [6.45, 7) is 6.38. The van der Waals surface area contributed by atoms with Gasteiger partial charge in [0, 0.05) is 31.2 Å². The van der Waals surface area contributed by atoms with Crippen LogP contribution in [-0.4, -0.2) is 35.6 Å². The van der Waals surface area contributed by atoms with E-state index in [9.17, 15) is 0 Å². The molecule has 0 bridgehead atoms. The molecule has 1 saturated heterocycles. The lowest BCUT2D eigenvalue weighted by atomic mass is 10.1. The van der Waals surface area contributed by atoms with Crippen LogP contribution in [0.3, 0.4) is 0 Å². The average molecular weight is 271 g/mol. The minimum atomic E-state index is 0.645. The van der Waals surface area contributed by atoms with Gasteiger partial charge in [0.15, 0.2) is 0 Å². The molecule has 106 valence electrons. The van der Waals surface area contributed by atoms with E-state index in [1.165, 1.54) is 6.42 Å². The molecule has 1 fully saturated rings. The van der Waals surface area contributed by atoms with Crippen LogP contribution >= 0.6 is 0 Å². The van der Waals surface area contributed by atoms with Crippen molar-refractivity contribution in [2.75, 3.05) is 19.6 Å². The summed E-state index contributed by atoms with van der Waals surface area (Å²) in [4.78, 5) is 7.10. The second-order valence-electron chi connectivity index (χ2n) is 5.29. The molecule has 0 aliphatic carbocycles. The van der Waals surface area contributed by atoms with Crippen LogP contribution in [0.5, 0.6) is 0 Å². The molecule has 2 heterocycles. The quantitative estimate of drug-likeness (QED) is 0.876.